The molecule has 0 saturated carbocycles. The van der Waals surface area contributed by atoms with Gasteiger partial charge in [-0.3, -0.25) is 0 Å². The molecule has 1 heterocycles. The van der Waals surface area contributed by atoms with Crippen molar-refractivity contribution in [2.45, 2.75) is 44.8 Å². The second kappa shape index (κ2) is 5.47. The van der Waals surface area contributed by atoms with Gasteiger partial charge >= 0.3 is 0 Å². The van der Waals surface area contributed by atoms with Gasteiger partial charge in [-0.25, -0.2) is 4.39 Å². The number of hydrogen-bond donors (Lipinski definition) is 2. The van der Waals surface area contributed by atoms with E-state index >= 15 is 0 Å². The Labute approximate surface area is 114 Å². The molecule has 2 atom stereocenters. The van der Waals surface area contributed by atoms with E-state index in [9.17, 15) is 9.50 Å². The molecule has 19 heavy (non-hydrogen) atoms. The normalized spacial score (nSPS) is 26.1. The van der Waals surface area contributed by atoms with Crippen molar-refractivity contribution < 1.29 is 9.50 Å². The fourth-order valence-corrected chi connectivity index (χ4v) is 2.57. The molecule has 0 spiro atoms. The van der Waals surface area contributed by atoms with Gasteiger partial charge in [0, 0.05) is 19.1 Å². The van der Waals surface area contributed by atoms with Crippen molar-refractivity contribution in [3.63, 3.8) is 0 Å². The number of aliphatic hydroxyl groups is 1. The van der Waals surface area contributed by atoms with Crippen molar-refractivity contribution in [1.29, 1.82) is 0 Å². The first kappa shape index (κ1) is 14.3. The van der Waals surface area contributed by atoms with Gasteiger partial charge in [-0.2, -0.15) is 0 Å². The van der Waals surface area contributed by atoms with Crippen LogP contribution in [0.2, 0.25) is 0 Å². The predicted molar refractivity (Wildman–Crippen MR) is 75.7 cm³/mol. The summed E-state index contributed by atoms with van der Waals surface area (Å²) in [5.74, 6) is -0.226. The van der Waals surface area contributed by atoms with Crippen molar-refractivity contribution in [2.24, 2.45) is 5.73 Å². The zero-order valence-electron chi connectivity index (χ0n) is 11.7. The molecule has 2 rings (SSSR count). The smallest absolute Gasteiger partial charge is 0.146 e. The van der Waals surface area contributed by atoms with E-state index in [-0.39, 0.29) is 11.9 Å². The average Bonchev–Trinajstić information content (AvgIpc) is 2.50. The maximum atomic E-state index is 14.2. The van der Waals surface area contributed by atoms with Crippen LogP contribution in [0.1, 0.15) is 44.7 Å². The molecule has 0 radical (unpaired) electrons. The largest absolute Gasteiger partial charge is 0.390 e. The Morgan fingerprint density at radius 1 is 1.37 bits per heavy atom. The first-order chi connectivity index (χ1) is 8.89. The Balaban J connectivity index is 2.18. The van der Waals surface area contributed by atoms with Crippen molar-refractivity contribution >= 4 is 5.69 Å². The minimum atomic E-state index is -0.628. The van der Waals surface area contributed by atoms with Crippen LogP contribution in [0.15, 0.2) is 18.2 Å². The lowest BCUT2D eigenvalue weighted by Crippen LogP contribution is -2.28. The van der Waals surface area contributed by atoms with E-state index in [2.05, 4.69) is 0 Å². The third-order valence-corrected chi connectivity index (χ3v) is 3.90. The van der Waals surface area contributed by atoms with Gasteiger partial charge in [0.2, 0.25) is 0 Å². The zero-order chi connectivity index (χ0) is 14.0. The molecule has 0 aromatic heterocycles. The SMILES string of the molecule is C[C@H](N)c1ccc(N2CCCC(C)(O)CC2)c(F)c1. The molecule has 1 saturated heterocycles. The number of nitrogens with zero attached hydrogens (tertiary/aromatic N) is 1. The summed E-state index contributed by atoms with van der Waals surface area (Å²) in [6.07, 6.45) is 2.31. The zero-order valence-corrected chi connectivity index (χ0v) is 11.7. The summed E-state index contributed by atoms with van der Waals surface area (Å²) in [6, 6.07) is 5.04. The fraction of sp³-hybridized carbons (Fsp3) is 0.600. The molecule has 3 N–H and O–H groups in total. The van der Waals surface area contributed by atoms with Crippen molar-refractivity contribution in [2.75, 3.05) is 18.0 Å². The lowest BCUT2D eigenvalue weighted by atomic mass is 9.98. The van der Waals surface area contributed by atoms with E-state index in [4.69, 9.17) is 5.73 Å². The molecule has 1 aliphatic rings. The fourth-order valence-electron chi connectivity index (χ4n) is 2.57. The second-order valence-corrected chi connectivity index (χ2v) is 5.84. The van der Waals surface area contributed by atoms with Crippen LogP contribution >= 0.6 is 0 Å². The highest BCUT2D eigenvalue weighted by molar-refractivity contribution is 5.49. The molecular weight excluding hydrogens is 243 g/mol. The minimum absolute atomic E-state index is 0.159. The molecule has 1 unspecified atom stereocenters. The quantitative estimate of drug-likeness (QED) is 0.865. The van der Waals surface area contributed by atoms with Gasteiger partial charge < -0.3 is 15.7 Å². The Morgan fingerprint density at radius 3 is 2.74 bits per heavy atom. The predicted octanol–water partition coefficient (Wildman–Crippen LogP) is 2.59. The standard InChI is InChI=1S/C15H23FN2O/c1-11(17)12-4-5-14(13(16)10-12)18-8-3-6-15(2,19)7-9-18/h4-5,10-11,19H,3,6-9,17H2,1-2H3/t11-,15?/m0/s1. The number of rotatable bonds is 2. The highest BCUT2D eigenvalue weighted by atomic mass is 19.1. The number of hydrogen-bond acceptors (Lipinski definition) is 3. The van der Waals surface area contributed by atoms with Gasteiger partial charge in [0.25, 0.3) is 0 Å². The topological polar surface area (TPSA) is 49.5 Å². The number of benzene rings is 1. The molecule has 0 amide bonds. The Morgan fingerprint density at radius 2 is 2.11 bits per heavy atom. The average molecular weight is 266 g/mol. The first-order valence-electron chi connectivity index (χ1n) is 6.91. The first-order valence-corrected chi connectivity index (χ1v) is 6.91. The van der Waals surface area contributed by atoms with Gasteiger partial charge in [0.1, 0.15) is 5.82 Å². The monoisotopic (exact) mass is 266 g/mol. The van der Waals surface area contributed by atoms with Crippen LogP contribution in [-0.2, 0) is 0 Å². The molecule has 1 aromatic carbocycles. The Hall–Kier alpha value is -1.13. The summed E-state index contributed by atoms with van der Waals surface area (Å²) in [4.78, 5) is 2.02. The molecular formula is C15H23FN2O. The lowest BCUT2D eigenvalue weighted by molar-refractivity contribution is 0.0481. The van der Waals surface area contributed by atoms with E-state index in [0.29, 0.717) is 18.7 Å². The van der Waals surface area contributed by atoms with Crippen LogP contribution in [0, 0.1) is 5.82 Å². The molecule has 1 fully saturated rings. The number of nitrogens with two attached hydrogens (primary N) is 1. The highest BCUT2D eigenvalue weighted by Crippen LogP contribution is 2.28. The van der Waals surface area contributed by atoms with Gasteiger partial charge in [-0.15, -0.1) is 0 Å². The Bertz CT molecular complexity index is 446. The number of halogens is 1. The van der Waals surface area contributed by atoms with Crippen LogP contribution in [-0.4, -0.2) is 23.8 Å². The third-order valence-electron chi connectivity index (χ3n) is 3.90. The highest BCUT2D eigenvalue weighted by Gasteiger charge is 2.26. The summed E-state index contributed by atoms with van der Waals surface area (Å²) in [5, 5.41) is 10.1. The third kappa shape index (κ3) is 3.45. The molecule has 1 aromatic rings. The lowest BCUT2D eigenvalue weighted by Gasteiger charge is -2.25. The van der Waals surface area contributed by atoms with Crippen LogP contribution in [0.4, 0.5) is 10.1 Å². The Kier molecular flexibility index (Phi) is 4.11. The molecule has 4 heteroatoms. The van der Waals surface area contributed by atoms with Crippen LogP contribution in [0.25, 0.3) is 0 Å². The molecule has 0 bridgehead atoms. The van der Waals surface area contributed by atoms with Crippen LogP contribution in [0.5, 0.6) is 0 Å². The molecule has 1 aliphatic heterocycles. The van der Waals surface area contributed by atoms with E-state index in [0.717, 1.165) is 24.9 Å². The minimum Gasteiger partial charge on any atom is -0.390 e. The number of anilines is 1. The van der Waals surface area contributed by atoms with E-state index in [1.165, 1.54) is 6.07 Å². The molecule has 3 nitrogen and oxygen atoms in total. The van der Waals surface area contributed by atoms with Crippen molar-refractivity contribution in [3.05, 3.63) is 29.6 Å². The summed E-state index contributed by atoms with van der Waals surface area (Å²) >= 11 is 0. The van der Waals surface area contributed by atoms with Gasteiger partial charge in [0.05, 0.1) is 11.3 Å². The van der Waals surface area contributed by atoms with E-state index in [1.54, 1.807) is 6.07 Å². The maximum Gasteiger partial charge on any atom is 0.146 e. The molecule has 106 valence electrons. The summed E-state index contributed by atoms with van der Waals surface area (Å²) in [5.41, 5.74) is 6.55. The van der Waals surface area contributed by atoms with Gasteiger partial charge in [0.15, 0.2) is 0 Å². The molecule has 0 aliphatic carbocycles. The summed E-state index contributed by atoms with van der Waals surface area (Å²) < 4.78 is 14.2. The summed E-state index contributed by atoms with van der Waals surface area (Å²) in [7, 11) is 0. The summed E-state index contributed by atoms with van der Waals surface area (Å²) in [6.45, 7) is 5.16. The van der Waals surface area contributed by atoms with E-state index < -0.39 is 5.60 Å². The van der Waals surface area contributed by atoms with Gasteiger partial charge in [-0.05, 0) is 50.8 Å². The second-order valence-electron chi connectivity index (χ2n) is 5.84. The van der Waals surface area contributed by atoms with Crippen LogP contribution < -0.4 is 10.6 Å². The van der Waals surface area contributed by atoms with Crippen molar-refractivity contribution in [3.8, 4) is 0 Å². The van der Waals surface area contributed by atoms with Gasteiger partial charge in [-0.1, -0.05) is 6.07 Å². The maximum absolute atomic E-state index is 14.2. The van der Waals surface area contributed by atoms with Crippen LogP contribution in [0.3, 0.4) is 0 Å². The van der Waals surface area contributed by atoms with Crippen molar-refractivity contribution in [1.82, 2.24) is 0 Å². The van der Waals surface area contributed by atoms with E-state index in [1.807, 2.05) is 24.8 Å².